The van der Waals surface area contributed by atoms with E-state index in [1.54, 1.807) is 29.1 Å². The predicted octanol–water partition coefficient (Wildman–Crippen LogP) is 1.37. The zero-order valence-corrected chi connectivity index (χ0v) is 15.0. The summed E-state index contributed by atoms with van der Waals surface area (Å²) >= 11 is 0. The van der Waals surface area contributed by atoms with Crippen molar-refractivity contribution >= 4 is 17.9 Å². The Balaban J connectivity index is 1.44. The van der Waals surface area contributed by atoms with Crippen molar-refractivity contribution in [3.63, 3.8) is 0 Å². The number of hydrogen-bond acceptors (Lipinski definition) is 5. The number of carbonyl (C=O) groups excluding carboxylic acids is 3. The fraction of sp³-hybridized carbons (Fsp3) is 0.611. The largest absolute Gasteiger partial charge is 0.467 e. The van der Waals surface area contributed by atoms with Crippen LogP contribution in [0.1, 0.15) is 31.9 Å². The second-order valence-corrected chi connectivity index (χ2v) is 6.72. The minimum absolute atomic E-state index is 0.0290. The lowest BCUT2D eigenvalue weighted by Crippen LogP contribution is -2.48. The van der Waals surface area contributed by atoms with Gasteiger partial charge in [-0.15, -0.1) is 0 Å². The summed E-state index contributed by atoms with van der Waals surface area (Å²) in [6, 6.07) is 3.63. The van der Waals surface area contributed by atoms with Gasteiger partial charge in [0, 0.05) is 32.1 Å². The fourth-order valence-corrected chi connectivity index (χ4v) is 3.43. The van der Waals surface area contributed by atoms with Gasteiger partial charge >= 0.3 is 6.09 Å². The summed E-state index contributed by atoms with van der Waals surface area (Å²) in [7, 11) is 0. The van der Waals surface area contributed by atoms with Gasteiger partial charge in [-0.1, -0.05) is 0 Å². The SMILES string of the molecule is CCOC(=O)N1CCC(NC(=O)C2CC(=O)N(Cc3ccco3)C2)CC1. The highest BCUT2D eigenvalue weighted by atomic mass is 16.6. The third kappa shape index (κ3) is 4.36. The Hall–Kier alpha value is -2.51. The first-order valence-corrected chi connectivity index (χ1v) is 9.09. The molecule has 3 amide bonds. The molecule has 2 aliphatic rings. The summed E-state index contributed by atoms with van der Waals surface area (Å²) in [4.78, 5) is 39.7. The molecule has 0 radical (unpaired) electrons. The third-order valence-corrected chi connectivity index (χ3v) is 4.88. The van der Waals surface area contributed by atoms with E-state index in [0.717, 1.165) is 0 Å². The highest BCUT2D eigenvalue weighted by Crippen LogP contribution is 2.21. The average Bonchev–Trinajstić information content (AvgIpc) is 3.26. The van der Waals surface area contributed by atoms with Gasteiger partial charge in [-0.05, 0) is 31.9 Å². The van der Waals surface area contributed by atoms with E-state index in [2.05, 4.69) is 5.32 Å². The average molecular weight is 363 g/mol. The molecule has 3 rings (SSSR count). The molecule has 142 valence electrons. The summed E-state index contributed by atoms with van der Waals surface area (Å²) in [5.41, 5.74) is 0. The highest BCUT2D eigenvalue weighted by molar-refractivity contribution is 5.89. The lowest BCUT2D eigenvalue weighted by Gasteiger charge is -2.32. The Kier molecular flexibility index (Phi) is 5.80. The zero-order valence-electron chi connectivity index (χ0n) is 15.0. The second kappa shape index (κ2) is 8.25. The number of rotatable bonds is 5. The number of nitrogens with zero attached hydrogens (tertiary/aromatic N) is 2. The monoisotopic (exact) mass is 363 g/mol. The molecule has 8 nitrogen and oxygen atoms in total. The Bertz CT molecular complexity index is 637. The van der Waals surface area contributed by atoms with Crippen molar-refractivity contribution in [3.8, 4) is 0 Å². The summed E-state index contributed by atoms with van der Waals surface area (Å²) in [5, 5.41) is 3.03. The van der Waals surface area contributed by atoms with Gasteiger partial charge in [-0.3, -0.25) is 9.59 Å². The van der Waals surface area contributed by atoms with Gasteiger partial charge < -0.3 is 24.3 Å². The first kappa shape index (κ1) is 18.3. The number of carbonyl (C=O) groups is 3. The highest BCUT2D eigenvalue weighted by Gasteiger charge is 2.36. The molecule has 0 spiro atoms. The molecule has 0 saturated carbocycles. The molecule has 26 heavy (non-hydrogen) atoms. The molecular weight excluding hydrogens is 338 g/mol. The molecule has 1 aromatic rings. The number of ether oxygens (including phenoxy) is 1. The van der Waals surface area contributed by atoms with Gasteiger partial charge in [-0.2, -0.15) is 0 Å². The molecule has 1 aromatic heterocycles. The van der Waals surface area contributed by atoms with Crippen LogP contribution in [-0.4, -0.2) is 60.0 Å². The molecular formula is C18H25N3O5. The van der Waals surface area contributed by atoms with Crippen LogP contribution >= 0.6 is 0 Å². The molecule has 1 atom stereocenters. The third-order valence-electron chi connectivity index (χ3n) is 4.88. The van der Waals surface area contributed by atoms with E-state index in [1.807, 2.05) is 6.07 Å². The van der Waals surface area contributed by atoms with Crippen molar-refractivity contribution in [2.24, 2.45) is 5.92 Å². The van der Waals surface area contributed by atoms with E-state index in [1.165, 1.54) is 0 Å². The molecule has 0 bridgehead atoms. The van der Waals surface area contributed by atoms with Gasteiger partial charge in [-0.25, -0.2) is 4.79 Å². The zero-order chi connectivity index (χ0) is 18.5. The second-order valence-electron chi connectivity index (χ2n) is 6.72. The van der Waals surface area contributed by atoms with Crippen molar-refractivity contribution in [1.29, 1.82) is 0 Å². The standard InChI is InChI=1S/C18H25N3O5/c1-2-25-18(24)20-7-5-14(6-8-20)19-17(23)13-10-16(22)21(11-13)12-15-4-3-9-26-15/h3-4,9,13-14H,2,5-8,10-12H2,1H3,(H,19,23). The molecule has 0 aromatic carbocycles. The smallest absolute Gasteiger partial charge is 0.409 e. The first-order valence-electron chi connectivity index (χ1n) is 9.09. The summed E-state index contributed by atoms with van der Waals surface area (Å²) in [6.07, 6.45) is 2.90. The molecule has 2 saturated heterocycles. The van der Waals surface area contributed by atoms with Crippen molar-refractivity contribution in [3.05, 3.63) is 24.2 Å². The number of nitrogens with one attached hydrogen (secondary N) is 1. The molecule has 3 heterocycles. The molecule has 0 aliphatic carbocycles. The molecule has 1 N–H and O–H groups in total. The number of hydrogen-bond donors (Lipinski definition) is 1. The van der Waals surface area contributed by atoms with Crippen LogP contribution in [-0.2, 0) is 20.9 Å². The first-order chi connectivity index (χ1) is 12.6. The van der Waals surface area contributed by atoms with Gasteiger partial charge in [0.1, 0.15) is 5.76 Å². The van der Waals surface area contributed by atoms with E-state index in [9.17, 15) is 14.4 Å². The fourth-order valence-electron chi connectivity index (χ4n) is 3.43. The van der Waals surface area contributed by atoms with E-state index in [-0.39, 0.29) is 36.3 Å². The maximum absolute atomic E-state index is 12.5. The van der Waals surface area contributed by atoms with Crippen LogP contribution in [0.4, 0.5) is 4.79 Å². The summed E-state index contributed by atoms with van der Waals surface area (Å²) in [6.45, 7) is 4.08. The number of amides is 3. The van der Waals surface area contributed by atoms with E-state index >= 15 is 0 Å². The van der Waals surface area contributed by atoms with Crippen LogP contribution in [0.2, 0.25) is 0 Å². The van der Waals surface area contributed by atoms with Gasteiger partial charge in [0.15, 0.2) is 0 Å². The molecule has 2 fully saturated rings. The van der Waals surface area contributed by atoms with Crippen LogP contribution in [0.5, 0.6) is 0 Å². The maximum atomic E-state index is 12.5. The Morgan fingerprint density at radius 3 is 2.77 bits per heavy atom. The van der Waals surface area contributed by atoms with Crippen molar-refractivity contribution in [2.75, 3.05) is 26.2 Å². The van der Waals surface area contributed by atoms with Crippen LogP contribution in [0.3, 0.4) is 0 Å². The van der Waals surface area contributed by atoms with Crippen LogP contribution in [0.25, 0.3) is 0 Å². The summed E-state index contributed by atoms with van der Waals surface area (Å²) < 4.78 is 10.3. The molecule has 2 aliphatic heterocycles. The quantitative estimate of drug-likeness (QED) is 0.853. The molecule has 1 unspecified atom stereocenters. The topological polar surface area (TPSA) is 92.1 Å². The number of furan rings is 1. The van der Waals surface area contributed by atoms with Crippen LogP contribution in [0, 0.1) is 5.92 Å². The number of likely N-dealkylation sites (tertiary alicyclic amines) is 2. The lowest BCUT2D eigenvalue weighted by molar-refractivity contribution is -0.129. The van der Waals surface area contributed by atoms with E-state index < -0.39 is 0 Å². The van der Waals surface area contributed by atoms with Crippen LogP contribution in [0.15, 0.2) is 22.8 Å². The van der Waals surface area contributed by atoms with Crippen molar-refractivity contribution in [1.82, 2.24) is 15.1 Å². The predicted molar refractivity (Wildman–Crippen MR) is 92.0 cm³/mol. The van der Waals surface area contributed by atoms with Crippen molar-refractivity contribution < 1.29 is 23.5 Å². The van der Waals surface area contributed by atoms with Gasteiger partial charge in [0.25, 0.3) is 0 Å². The minimum Gasteiger partial charge on any atom is -0.467 e. The lowest BCUT2D eigenvalue weighted by atomic mass is 10.0. The Morgan fingerprint density at radius 1 is 1.35 bits per heavy atom. The van der Waals surface area contributed by atoms with Crippen molar-refractivity contribution in [2.45, 2.75) is 38.8 Å². The maximum Gasteiger partial charge on any atom is 0.409 e. The normalized spacial score (nSPS) is 21.1. The Morgan fingerprint density at radius 2 is 2.12 bits per heavy atom. The summed E-state index contributed by atoms with van der Waals surface area (Å²) in [5.74, 6) is 0.264. The Labute approximate surface area is 152 Å². The van der Waals surface area contributed by atoms with E-state index in [4.69, 9.17) is 9.15 Å². The molecule has 8 heteroatoms. The van der Waals surface area contributed by atoms with Crippen LogP contribution < -0.4 is 5.32 Å². The van der Waals surface area contributed by atoms with E-state index in [0.29, 0.717) is 51.4 Å². The minimum atomic E-state index is -0.333. The number of piperidine rings is 1. The van der Waals surface area contributed by atoms with Gasteiger partial charge in [0.2, 0.25) is 11.8 Å². The van der Waals surface area contributed by atoms with Gasteiger partial charge in [0.05, 0.1) is 25.3 Å².